The van der Waals surface area contributed by atoms with Crippen LogP contribution in [0.5, 0.6) is 0 Å². The number of likely N-dealkylation sites (tertiary alicyclic amines) is 1. The number of halogens is 1. The van der Waals surface area contributed by atoms with Gasteiger partial charge in [-0.2, -0.15) is 0 Å². The number of rotatable bonds is 8. The molecule has 0 bridgehead atoms. The van der Waals surface area contributed by atoms with Gasteiger partial charge in [-0.1, -0.05) is 48.5 Å². The van der Waals surface area contributed by atoms with E-state index < -0.39 is 60.1 Å². The molecule has 0 spiro atoms. The minimum Gasteiger partial charge on any atom is -0.478 e. The number of nitrogens with one attached hydrogen (secondary N) is 1. The SMILES string of the molecule is CC(C)(C)OC(=O)NC(CF)[C@H]1CC[C@H](C(=O)N2CC(c3ccccc3C(=O)O)[C@H](c3ccccc3)[C@H]2C(N)=O)CC1. The zero-order valence-corrected chi connectivity index (χ0v) is 24.3. The number of nitrogens with zero attached hydrogens (tertiary/aromatic N) is 1. The van der Waals surface area contributed by atoms with E-state index in [9.17, 15) is 28.7 Å². The highest BCUT2D eigenvalue weighted by atomic mass is 19.1. The summed E-state index contributed by atoms with van der Waals surface area (Å²) in [6, 6.07) is 14.2. The molecule has 0 aromatic heterocycles. The maximum atomic E-state index is 14.0. The third-order valence-corrected chi connectivity index (χ3v) is 8.41. The van der Waals surface area contributed by atoms with Crippen molar-refractivity contribution in [2.45, 2.75) is 76.0 Å². The number of primary amides is 1. The monoisotopic (exact) mass is 581 g/mol. The van der Waals surface area contributed by atoms with Crippen molar-refractivity contribution in [2.24, 2.45) is 17.6 Å². The molecule has 2 aromatic rings. The van der Waals surface area contributed by atoms with Gasteiger partial charge in [-0.05, 0) is 69.6 Å². The normalized spacial score (nSPS) is 25.0. The molecule has 1 aliphatic carbocycles. The van der Waals surface area contributed by atoms with Crippen molar-refractivity contribution in [3.8, 4) is 0 Å². The van der Waals surface area contributed by atoms with Crippen molar-refractivity contribution in [2.75, 3.05) is 13.2 Å². The van der Waals surface area contributed by atoms with E-state index in [1.807, 2.05) is 30.3 Å². The number of aromatic carboxylic acids is 1. The molecule has 2 aromatic carbocycles. The summed E-state index contributed by atoms with van der Waals surface area (Å²) in [5, 5.41) is 12.5. The number of carboxylic acids is 1. The van der Waals surface area contributed by atoms with Gasteiger partial charge in [0.25, 0.3) is 0 Å². The Morgan fingerprint density at radius 3 is 2.21 bits per heavy atom. The number of alkyl halides is 1. The Morgan fingerprint density at radius 2 is 1.64 bits per heavy atom. The van der Waals surface area contributed by atoms with Gasteiger partial charge in [0.15, 0.2) is 0 Å². The number of carbonyl (C=O) groups excluding carboxylic acids is 3. The Bertz CT molecular complexity index is 1290. The van der Waals surface area contributed by atoms with Crippen molar-refractivity contribution < 1.29 is 33.4 Å². The predicted molar refractivity (Wildman–Crippen MR) is 155 cm³/mol. The van der Waals surface area contributed by atoms with Crippen LogP contribution in [-0.4, -0.2) is 64.8 Å². The predicted octanol–water partition coefficient (Wildman–Crippen LogP) is 4.62. The summed E-state index contributed by atoms with van der Waals surface area (Å²) in [7, 11) is 0. The van der Waals surface area contributed by atoms with E-state index in [-0.39, 0.29) is 23.9 Å². The molecule has 4 atom stereocenters. The lowest BCUT2D eigenvalue weighted by atomic mass is 9.78. The third kappa shape index (κ3) is 6.91. The first-order valence-electron chi connectivity index (χ1n) is 14.4. The van der Waals surface area contributed by atoms with Gasteiger partial charge in [0.2, 0.25) is 11.8 Å². The van der Waals surface area contributed by atoms with Crippen molar-refractivity contribution in [3.05, 3.63) is 71.3 Å². The van der Waals surface area contributed by atoms with E-state index in [0.717, 1.165) is 5.56 Å². The van der Waals surface area contributed by atoms with Gasteiger partial charge in [-0.15, -0.1) is 0 Å². The second kappa shape index (κ2) is 12.9. The lowest BCUT2D eigenvalue weighted by Gasteiger charge is -2.35. The minimum atomic E-state index is -1.08. The summed E-state index contributed by atoms with van der Waals surface area (Å²) in [5.74, 6) is -3.52. The molecule has 4 N–H and O–H groups in total. The Labute approximate surface area is 245 Å². The van der Waals surface area contributed by atoms with E-state index in [2.05, 4.69) is 5.32 Å². The maximum absolute atomic E-state index is 14.0. The molecule has 1 heterocycles. The highest BCUT2D eigenvalue weighted by molar-refractivity contribution is 5.92. The van der Waals surface area contributed by atoms with E-state index in [4.69, 9.17) is 10.5 Å². The zero-order valence-electron chi connectivity index (χ0n) is 24.3. The molecule has 2 aliphatic rings. The molecule has 42 heavy (non-hydrogen) atoms. The van der Waals surface area contributed by atoms with Crippen LogP contribution in [0.25, 0.3) is 0 Å². The van der Waals surface area contributed by atoms with Gasteiger partial charge in [0.1, 0.15) is 18.3 Å². The van der Waals surface area contributed by atoms with Crippen LogP contribution in [0.4, 0.5) is 9.18 Å². The average Bonchev–Trinajstić information content (AvgIpc) is 3.36. The van der Waals surface area contributed by atoms with E-state index in [1.54, 1.807) is 39.0 Å². The minimum absolute atomic E-state index is 0.121. The van der Waals surface area contributed by atoms with Gasteiger partial charge in [0.05, 0.1) is 11.6 Å². The van der Waals surface area contributed by atoms with Crippen LogP contribution in [-0.2, 0) is 14.3 Å². The summed E-state index contributed by atoms with van der Waals surface area (Å²) < 4.78 is 19.2. The number of ether oxygens (including phenoxy) is 1. The number of carboxylic acid groups (broad SMARTS) is 1. The first-order chi connectivity index (χ1) is 19.9. The summed E-state index contributed by atoms with van der Waals surface area (Å²) in [6.45, 7) is 4.60. The Morgan fingerprint density at radius 1 is 1.02 bits per heavy atom. The fraction of sp³-hybridized carbons (Fsp3) is 0.500. The number of benzene rings is 2. The Kier molecular flexibility index (Phi) is 9.53. The first kappa shape index (κ1) is 31.0. The van der Waals surface area contributed by atoms with Gasteiger partial charge in [-0.25, -0.2) is 14.0 Å². The van der Waals surface area contributed by atoms with Gasteiger partial charge >= 0.3 is 12.1 Å². The molecule has 4 rings (SSSR count). The molecule has 9 nitrogen and oxygen atoms in total. The van der Waals surface area contributed by atoms with E-state index in [0.29, 0.717) is 31.2 Å². The average molecular weight is 582 g/mol. The van der Waals surface area contributed by atoms with Crippen molar-refractivity contribution >= 4 is 23.9 Å². The van der Waals surface area contributed by atoms with Gasteiger partial charge in [-0.3, -0.25) is 9.59 Å². The highest BCUT2D eigenvalue weighted by Crippen LogP contribution is 2.46. The standard InChI is InChI=1S/C32H40FN3O6/c1-32(2,3)42-31(41)35-25(17-33)19-13-15-21(16-14-19)29(38)36-18-24(22-11-7-8-12-23(22)30(39)40)26(27(36)28(34)37)20-9-5-4-6-10-20/h4-12,19,21,24-27H,13-18H2,1-3H3,(H2,34,37)(H,35,41)(H,39,40)/t19-,21-,24?,25?,26-,27-/m0/s1. The van der Waals surface area contributed by atoms with Crippen LogP contribution in [0.15, 0.2) is 54.6 Å². The van der Waals surface area contributed by atoms with Crippen molar-refractivity contribution in [3.63, 3.8) is 0 Å². The number of carbonyl (C=O) groups is 4. The van der Waals surface area contributed by atoms with Crippen molar-refractivity contribution in [1.82, 2.24) is 10.2 Å². The fourth-order valence-corrected chi connectivity index (χ4v) is 6.55. The number of amides is 3. The molecule has 2 unspecified atom stereocenters. The lowest BCUT2D eigenvalue weighted by molar-refractivity contribution is -0.142. The maximum Gasteiger partial charge on any atom is 0.407 e. The number of nitrogens with two attached hydrogens (primary N) is 1. The second-order valence-electron chi connectivity index (χ2n) is 12.3. The summed E-state index contributed by atoms with van der Waals surface area (Å²) in [4.78, 5) is 52.9. The topological polar surface area (TPSA) is 139 Å². The smallest absolute Gasteiger partial charge is 0.407 e. The van der Waals surface area contributed by atoms with Crippen LogP contribution in [0, 0.1) is 11.8 Å². The molecule has 0 radical (unpaired) electrons. The van der Waals surface area contributed by atoms with E-state index >= 15 is 0 Å². The van der Waals surface area contributed by atoms with Crippen LogP contribution in [0.2, 0.25) is 0 Å². The Balaban J connectivity index is 1.55. The van der Waals surface area contributed by atoms with Crippen molar-refractivity contribution in [1.29, 1.82) is 0 Å². The number of hydrogen-bond donors (Lipinski definition) is 3. The molecule has 1 aliphatic heterocycles. The molecular formula is C32H40FN3O6. The molecule has 2 fully saturated rings. The number of alkyl carbamates (subject to hydrolysis) is 1. The summed E-state index contributed by atoms with van der Waals surface area (Å²) >= 11 is 0. The molecular weight excluding hydrogens is 541 g/mol. The Hall–Kier alpha value is -3.95. The van der Waals surface area contributed by atoms with Crippen LogP contribution >= 0.6 is 0 Å². The molecule has 3 amide bonds. The molecule has 10 heteroatoms. The molecule has 1 saturated carbocycles. The quantitative estimate of drug-likeness (QED) is 0.416. The second-order valence-corrected chi connectivity index (χ2v) is 12.3. The van der Waals surface area contributed by atoms with Gasteiger partial charge in [0, 0.05) is 24.3 Å². The fourth-order valence-electron chi connectivity index (χ4n) is 6.55. The van der Waals surface area contributed by atoms with Crippen LogP contribution in [0.3, 0.4) is 0 Å². The highest BCUT2D eigenvalue weighted by Gasteiger charge is 2.50. The van der Waals surface area contributed by atoms with Crippen LogP contribution in [0.1, 0.15) is 79.8 Å². The molecule has 226 valence electrons. The zero-order chi connectivity index (χ0) is 30.6. The first-order valence-corrected chi connectivity index (χ1v) is 14.4. The van der Waals surface area contributed by atoms with E-state index in [1.165, 1.54) is 11.0 Å². The van der Waals surface area contributed by atoms with Gasteiger partial charge < -0.3 is 25.8 Å². The molecule has 1 saturated heterocycles. The summed E-state index contributed by atoms with van der Waals surface area (Å²) in [5.41, 5.74) is 6.70. The largest absolute Gasteiger partial charge is 0.478 e. The number of hydrogen-bond acceptors (Lipinski definition) is 5. The third-order valence-electron chi connectivity index (χ3n) is 8.41. The lowest BCUT2D eigenvalue weighted by Crippen LogP contribution is -2.49. The summed E-state index contributed by atoms with van der Waals surface area (Å²) in [6.07, 6.45) is 1.28. The van der Waals surface area contributed by atoms with Crippen LogP contribution < -0.4 is 11.1 Å².